The fourth-order valence-electron chi connectivity index (χ4n) is 3.92. The Hall–Kier alpha value is -1.63. The van der Waals surface area contributed by atoms with E-state index in [-0.39, 0.29) is 11.8 Å². The number of hydrogen-bond donors (Lipinski definition) is 1. The number of nitrogens with one attached hydrogen (secondary N) is 1. The van der Waals surface area contributed by atoms with E-state index in [0.717, 1.165) is 51.5 Å². The molecule has 0 spiro atoms. The van der Waals surface area contributed by atoms with Gasteiger partial charge in [0.05, 0.1) is 24.6 Å². The van der Waals surface area contributed by atoms with Gasteiger partial charge in [-0.1, -0.05) is 19.8 Å². The van der Waals surface area contributed by atoms with Crippen molar-refractivity contribution in [2.24, 2.45) is 11.8 Å². The molecule has 3 atom stereocenters. The SMILES string of the molecule is C[C@@H]1CCC[C@@H](NC(=O)CN2CCN(C[C@@H](C#N)CCC#N)CC2)C1. The summed E-state index contributed by atoms with van der Waals surface area (Å²) in [5, 5.41) is 21.0. The van der Waals surface area contributed by atoms with Gasteiger partial charge in [0.15, 0.2) is 0 Å². The van der Waals surface area contributed by atoms with Crippen LogP contribution in [0, 0.1) is 34.5 Å². The lowest BCUT2D eigenvalue weighted by Gasteiger charge is -2.35. The van der Waals surface area contributed by atoms with Gasteiger partial charge in [-0.3, -0.25) is 14.6 Å². The van der Waals surface area contributed by atoms with E-state index in [2.05, 4.69) is 34.2 Å². The fourth-order valence-corrected chi connectivity index (χ4v) is 3.92. The third-order valence-electron chi connectivity index (χ3n) is 5.40. The molecule has 1 saturated carbocycles. The van der Waals surface area contributed by atoms with E-state index in [4.69, 9.17) is 5.26 Å². The van der Waals surface area contributed by atoms with Gasteiger partial charge in [-0.05, 0) is 25.2 Å². The zero-order valence-electron chi connectivity index (χ0n) is 15.4. The van der Waals surface area contributed by atoms with Gasteiger partial charge in [0.2, 0.25) is 5.91 Å². The van der Waals surface area contributed by atoms with Crippen LogP contribution in [0.15, 0.2) is 0 Å². The summed E-state index contributed by atoms with van der Waals surface area (Å²) in [6, 6.07) is 4.77. The molecule has 6 nitrogen and oxygen atoms in total. The molecule has 0 aromatic rings. The summed E-state index contributed by atoms with van der Waals surface area (Å²) in [7, 11) is 0. The number of rotatable bonds is 7. The lowest BCUT2D eigenvalue weighted by molar-refractivity contribution is -0.123. The smallest absolute Gasteiger partial charge is 0.234 e. The number of hydrogen-bond acceptors (Lipinski definition) is 5. The molecule has 2 fully saturated rings. The number of amides is 1. The van der Waals surface area contributed by atoms with Crippen LogP contribution in [0.1, 0.15) is 45.4 Å². The van der Waals surface area contributed by atoms with Crippen molar-refractivity contribution < 1.29 is 4.79 Å². The lowest BCUT2D eigenvalue weighted by Crippen LogP contribution is -2.51. The third kappa shape index (κ3) is 7.02. The molecular weight excluding hydrogens is 314 g/mol. The Morgan fingerprint density at radius 1 is 1.20 bits per heavy atom. The first kappa shape index (κ1) is 19.7. The number of nitrogens with zero attached hydrogens (tertiary/aromatic N) is 4. The van der Waals surface area contributed by atoms with Crippen LogP contribution in [0.4, 0.5) is 0 Å². The van der Waals surface area contributed by atoms with E-state index in [1.54, 1.807) is 0 Å². The Morgan fingerprint density at radius 2 is 1.92 bits per heavy atom. The average molecular weight is 345 g/mol. The highest BCUT2D eigenvalue weighted by atomic mass is 16.2. The first-order valence-corrected chi connectivity index (χ1v) is 9.61. The second-order valence-electron chi connectivity index (χ2n) is 7.64. The van der Waals surface area contributed by atoms with Gasteiger partial charge in [0, 0.05) is 45.2 Å². The molecule has 0 bridgehead atoms. The summed E-state index contributed by atoms with van der Waals surface area (Å²) < 4.78 is 0. The Bertz CT molecular complexity index is 501. The molecule has 1 aliphatic heterocycles. The molecule has 1 N–H and O–H groups in total. The molecular formula is C19H31N5O. The molecule has 1 amide bonds. The van der Waals surface area contributed by atoms with E-state index in [1.807, 2.05) is 0 Å². The van der Waals surface area contributed by atoms with Crippen molar-refractivity contribution in [3.8, 4) is 12.1 Å². The Morgan fingerprint density at radius 3 is 2.56 bits per heavy atom. The maximum atomic E-state index is 12.3. The Labute approximate surface area is 151 Å². The monoisotopic (exact) mass is 345 g/mol. The minimum atomic E-state index is -0.0669. The second-order valence-corrected chi connectivity index (χ2v) is 7.64. The number of carbonyl (C=O) groups is 1. The molecule has 6 heteroatoms. The van der Waals surface area contributed by atoms with Crippen LogP contribution < -0.4 is 5.32 Å². The van der Waals surface area contributed by atoms with Crippen molar-refractivity contribution in [3.63, 3.8) is 0 Å². The third-order valence-corrected chi connectivity index (χ3v) is 5.40. The summed E-state index contributed by atoms with van der Waals surface area (Å²) >= 11 is 0. The summed E-state index contributed by atoms with van der Waals surface area (Å²) in [6.45, 7) is 6.99. The maximum Gasteiger partial charge on any atom is 0.234 e. The van der Waals surface area contributed by atoms with Crippen LogP contribution in [0.3, 0.4) is 0 Å². The predicted octanol–water partition coefficient (Wildman–Crippen LogP) is 1.74. The van der Waals surface area contributed by atoms with Crippen LogP contribution >= 0.6 is 0 Å². The highest BCUT2D eigenvalue weighted by Gasteiger charge is 2.24. The van der Waals surface area contributed by atoms with Crippen molar-refractivity contribution >= 4 is 5.91 Å². The van der Waals surface area contributed by atoms with Gasteiger partial charge in [-0.25, -0.2) is 0 Å². The van der Waals surface area contributed by atoms with E-state index in [1.165, 1.54) is 12.8 Å². The molecule has 1 saturated heterocycles. The average Bonchev–Trinajstić information content (AvgIpc) is 2.60. The van der Waals surface area contributed by atoms with Crippen LogP contribution in [-0.4, -0.2) is 61.0 Å². The van der Waals surface area contributed by atoms with Crippen LogP contribution in [0.25, 0.3) is 0 Å². The van der Waals surface area contributed by atoms with E-state index < -0.39 is 0 Å². The summed E-state index contributed by atoms with van der Waals surface area (Å²) in [5.74, 6) is 0.802. The van der Waals surface area contributed by atoms with Crippen molar-refractivity contribution in [2.75, 3.05) is 39.3 Å². The molecule has 1 aliphatic carbocycles. The largest absolute Gasteiger partial charge is 0.352 e. The quantitative estimate of drug-likeness (QED) is 0.760. The molecule has 138 valence electrons. The van der Waals surface area contributed by atoms with Gasteiger partial charge in [-0.15, -0.1) is 0 Å². The summed E-state index contributed by atoms with van der Waals surface area (Å²) in [5.41, 5.74) is 0. The van der Waals surface area contributed by atoms with Crippen molar-refractivity contribution in [1.82, 2.24) is 15.1 Å². The minimum absolute atomic E-state index is 0.0669. The van der Waals surface area contributed by atoms with Crippen molar-refractivity contribution in [2.45, 2.75) is 51.5 Å². The first-order chi connectivity index (χ1) is 12.1. The summed E-state index contributed by atoms with van der Waals surface area (Å²) in [6.07, 6.45) is 5.82. The molecule has 0 aromatic carbocycles. The van der Waals surface area contributed by atoms with Gasteiger partial charge >= 0.3 is 0 Å². The lowest BCUT2D eigenvalue weighted by atomic mass is 9.87. The van der Waals surface area contributed by atoms with Crippen LogP contribution in [0.2, 0.25) is 0 Å². The maximum absolute atomic E-state index is 12.3. The van der Waals surface area contributed by atoms with E-state index >= 15 is 0 Å². The summed E-state index contributed by atoms with van der Waals surface area (Å²) in [4.78, 5) is 16.8. The number of nitriles is 2. The van der Waals surface area contributed by atoms with Gasteiger partial charge in [-0.2, -0.15) is 10.5 Å². The van der Waals surface area contributed by atoms with Crippen molar-refractivity contribution in [3.05, 3.63) is 0 Å². The topological polar surface area (TPSA) is 83.2 Å². The van der Waals surface area contributed by atoms with Gasteiger partial charge in [0.25, 0.3) is 0 Å². The van der Waals surface area contributed by atoms with E-state index in [9.17, 15) is 10.1 Å². The number of piperazine rings is 1. The molecule has 0 radical (unpaired) electrons. The molecule has 0 aromatic heterocycles. The molecule has 25 heavy (non-hydrogen) atoms. The minimum Gasteiger partial charge on any atom is -0.352 e. The van der Waals surface area contributed by atoms with Crippen LogP contribution in [-0.2, 0) is 4.79 Å². The Balaban J connectivity index is 1.65. The normalized spacial score (nSPS) is 26.4. The molecule has 2 rings (SSSR count). The fraction of sp³-hybridized carbons (Fsp3) is 0.842. The van der Waals surface area contributed by atoms with Gasteiger partial charge < -0.3 is 5.32 Å². The van der Waals surface area contributed by atoms with E-state index in [0.29, 0.717) is 25.4 Å². The predicted molar refractivity (Wildman–Crippen MR) is 96.4 cm³/mol. The highest BCUT2D eigenvalue weighted by Crippen LogP contribution is 2.23. The Kier molecular flexibility index (Phi) is 8.18. The molecule has 2 aliphatic rings. The van der Waals surface area contributed by atoms with Crippen LogP contribution in [0.5, 0.6) is 0 Å². The highest BCUT2D eigenvalue weighted by molar-refractivity contribution is 5.78. The first-order valence-electron chi connectivity index (χ1n) is 9.61. The van der Waals surface area contributed by atoms with Gasteiger partial charge in [0.1, 0.15) is 0 Å². The molecule has 1 heterocycles. The van der Waals surface area contributed by atoms with Crippen molar-refractivity contribution in [1.29, 1.82) is 10.5 Å². The standard InChI is InChI=1S/C19H31N5O/c1-16-4-2-6-18(12-16)22-19(25)15-24-10-8-23(9-11-24)14-17(13-21)5-3-7-20/h16-18H,2-6,8-12,14-15H2,1H3,(H,22,25)/t16-,17-,18-/m1/s1. The number of carbonyl (C=O) groups excluding carboxylic acids is 1. The molecule has 0 unspecified atom stereocenters. The zero-order chi connectivity index (χ0) is 18.1. The zero-order valence-corrected chi connectivity index (χ0v) is 15.4. The second kappa shape index (κ2) is 10.4.